The molecule has 4 nitrogen and oxygen atoms in total. The van der Waals surface area contributed by atoms with E-state index in [0.717, 1.165) is 12.8 Å². The van der Waals surface area contributed by atoms with Gasteiger partial charge in [0.25, 0.3) is 5.91 Å². The minimum absolute atomic E-state index is 0.104. The number of aromatic nitrogens is 2. The van der Waals surface area contributed by atoms with Gasteiger partial charge in [-0.1, -0.05) is 42.5 Å². The Morgan fingerprint density at radius 3 is 2.61 bits per heavy atom. The number of amides is 1. The molecule has 18 heavy (non-hydrogen) atoms. The Labute approximate surface area is 116 Å². The van der Waals surface area contributed by atoms with Crippen molar-refractivity contribution in [3.63, 3.8) is 0 Å². The molecule has 0 bridgehead atoms. The first-order valence-corrected chi connectivity index (χ1v) is 6.81. The van der Waals surface area contributed by atoms with Gasteiger partial charge in [-0.2, -0.15) is 0 Å². The fraction of sp³-hybridized carbons (Fsp3) is 0.583. The third-order valence-corrected chi connectivity index (χ3v) is 3.86. The number of carbonyl (C=O) groups is 1. The molecule has 1 heterocycles. The van der Waals surface area contributed by atoms with Crippen LogP contribution < -0.4 is 0 Å². The second-order valence-corrected chi connectivity index (χ2v) is 5.32. The lowest BCUT2D eigenvalue weighted by molar-refractivity contribution is 0.0696. The van der Waals surface area contributed by atoms with Crippen molar-refractivity contribution >= 4 is 29.1 Å². The number of rotatable bonds is 2. The molecule has 2 rings (SSSR count). The maximum atomic E-state index is 12.3. The fourth-order valence-corrected chi connectivity index (χ4v) is 2.65. The summed E-state index contributed by atoms with van der Waals surface area (Å²) in [5.41, 5.74) is 0.324. The minimum Gasteiger partial charge on any atom is -0.339 e. The summed E-state index contributed by atoms with van der Waals surface area (Å²) >= 11 is 11.6. The van der Waals surface area contributed by atoms with Crippen molar-refractivity contribution in [2.75, 3.05) is 7.05 Å². The molecule has 0 aromatic carbocycles. The van der Waals surface area contributed by atoms with E-state index in [1.54, 1.807) is 4.90 Å². The first kappa shape index (κ1) is 13.6. The second kappa shape index (κ2) is 5.85. The molecule has 1 aliphatic carbocycles. The van der Waals surface area contributed by atoms with Crippen molar-refractivity contribution in [3.8, 4) is 0 Å². The molecule has 1 aromatic rings. The van der Waals surface area contributed by atoms with Gasteiger partial charge in [-0.15, -0.1) is 10.2 Å². The van der Waals surface area contributed by atoms with Gasteiger partial charge in [0.2, 0.25) is 0 Å². The Hall–Kier alpha value is -0.870. The molecule has 0 radical (unpaired) electrons. The summed E-state index contributed by atoms with van der Waals surface area (Å²) in [5.74, 6) is -0.135. The summed E-state index contributed by atoms with van der Waals surface area (Å²) in [7, 11) is 1.81. The van der Waals surface area contributed by atoms with Crippen LogP contribution in [0, 0.1) is 0 Å². The standard InChI is InChI=1S/C12H15Cl2N3O/c1-17(8-5-3-2-4-6-8)12(18)9-7-10(13)15-16-11(9)14/h7-8H,2-6H2,1H3. The van der Waals surface area contributed by atoms with Crippen LogP contribution in [-0.2, 0) is 0 Å². The summed E-state index contributed by atoms with van der Waals surface area (Å²) < 4.78 is 0. The van der Waals surface area contributed by atoms with Gasteiger partial charge in [0.05, 0.1) is 5.56 Å². The molecule has 1 fully saturated rings. The highest BCUT2D eigenvalue weighted by Crippen LogP contribution is 2.24. The zero-order chi connectivity index (χ0) is 13.1. The number of nitrogens with zero attached hydrogens (tertiary/aromatic N) is 3. The Kier molecular flexibility index (Phi) is 4.40. The van der Waals surface area contributed by atoms with Crippen LogP contribution in [0.2, 0.25) is 10.3 Å². The molecule has 1 amide bonds. The molecule has 1 aromatic heterocycles. The van der Waals surface area contributed by atoms with Gasteiger partial charge in [0.15, 0.2) is 10.3 Å². The number of carbonyl (C=O) groups excluding carboxylic acids is 1. The van der Waals surface area contributed by atoms with Crippen molar-refractivity contribution in [1.82, 2.24) is 15.1 Å². The van der Waals surface area contributed by atoms with Gasteiger partial charge in [-0.05, 0) is 18.9 Å². The number of hydrogen-bond acceptors (Lipinski definition) is 3. The van der Waals surface area contributed by atoms with Gasteiger partial charge in [-0.25, -0.2) is 0 Å². The van der Waals surface area contributed by atoms with Crippen LogP contribution in [-0.4, -0.2) is 34.1 Å². The van der Waals surface area contributed by atoms with Crippen molar-refractivity contribution in [2.45, 2.75) is 38.1 Å². The van der Waals surface area contributed by atoms with Crippen LogP contribution in [0.5, 0.6) is 0 Å². The molecule has 0 spiro atoms. The van der Waals surface area contributed by atoms with E-state index in [-0.39, 0.29) is 22.3 Å². The highest BCUT2D eigenvalue weighted by atomic mass is 35.5. The van der Waals surface area contributed by atoms with Crippen LogP contribution in [0.4, 0.5) is 0 Å². The highest BCUT2D eigenvalue weighted by Gasteiger charge is 2.25. The molecule has 0 N–H and O–H groups in total. The molecule has 1 aliphatic rings. The maximum Gasteiger partial charge on any atom is 0.257 e. The minimum atomic E-state index is -0.135. The Balaban J connectivity index is 2.16. The van der Waals surface area contributed by atoms with Crippen LogP contribution in [0.15, 0.2) is 6.07 Å². The van der Waals surface area contributed by atoms with E-state index in [0.29, 0.717) is 5.56 Å². The topological polar surface area (TPSA) is 46.1 Å². The molecule has 0 atom stereocenters. The molecule has 6 heteroatoms. The molecule has 0 unspecified atom stereocenters. The van der Waals surface area contributed by atoms with E-state index in [2.05, 4.69) is 10.2 Å². The molecular formula is C12H15Cl2N3O. The Morgan fingerprint density at radius 1 is 1.28 bits per heavy atom. The van der Waals surface area contributed by atoms with Crippen molar-refractivity contribution in [3.05, 3.63) is 21.9 Å². The molecule has 1 saturated carbocycles. The van der Waals surface area contributed by atoms with E-state index in [4.69, 9.17) is 23.2 Å². The Bertz CT molecular complexity index is 447. The van der Waals surface area contributed by atoms with Gasteiger partial charge in [0, 0.05) is 13.1 Å². The quantitative estimate of drug-likeness (QED) is 0.839. The maximum absolute atomic E-state index is 12.3. The molecular weight excluding hydrogens is 273 g/mol. The van der Waals surface area contributed by atoms with E-state index in [9.17, 15) is 4.79 Å². The lowest BCUT2D eigenvalue weighted by atomic mass is 9.94. The predicted molar refractivity (Wildman–Crippen MR) is 71.0 cm³/mol. The van der Waals surface area contributed by atoms with Gasteiger partial charge < -0.3 is 4.90 Å². The summed E-state index contributed by atoms with van der Waals surface area (Å²) in [5, 5.41) is 7.55. The second-order valence-electron chi connectivity index (χ2n) is 4.58. The van der Waals surface area contributed by atoms with Crippen LogP contribution in [0.1, 0.15) is 42.5 Å². The smallest absolute Gasteiger partial charge is 0.257 e. The van der Waals surface area contributed by atoms with Crippen molar-refractivity contribution < 1.29 is 4.79 Å². The lowest BCUT2D eigenvalue weighted by Crippen LogP contribution is -2.38. The normalized spacial score (nSPS) is 16.6. The summed E-state index contributed by atoms with van der Waals surface area (Å²) in [4.78, 5) is 14.1. The third kappa shape index (κ3) is 2.93. The average molecular weight is 288 g/mol. The summed E-state index contributed by atoms with van der Waals surface area (Å²) in [6, 6.07) is 1.76. The highest BCUT2D eigenvalue weighted by molar-refractivity contribution is 6.34. The van der Waals surface area contributed by atoms with Crippen LogP contribution in [0.3, 0.4) is 0 Å². The van der Waals surface area contributed by atoms with E-state index in [1.807, 2.05) is 7.05 Å². The average Bonchev–Trinajstić information content (AvgIpc) is 2.41. The lowest BCUT2D eigenvalue weighted by Gasteiger charge is -2.31. The van der Waals surface area contributed by atoms with Crippen molar-refractivity contribution in [1.29, 1.82) is 0 Å². The van der Waals surface area contributed by atoms with Crippen LogP contribution in [0.25, 0.3) is 0 Å². The van der Waals surface area contributed by atoms with Gasteiger partial charge in [0.1, 0.15) is 0 Å². The van der Waals surface area contributed by atoms with Crippen LogP contribution >= 0.6 is 23.2 Å². The summed E-state index contributed by atoms with van der Waals surface area (Å²) in [6.07, 6.45) is 5.69. The number of halogens is 2. The predicted octanol–water partition coefficient (Wildman–Crippen LogP) is 3.19. The zero-order valence-electron chi connectivity index (χ0n) is 10.2. The van der Waals surface area contributed by atoms with Crippen molar-refractivity contribution in [2.24, 2.45) is 0 Å². The first-order chi connectivity index (χ1) is 8.59. The molecule has 0 aliphatic heterocycles. The molecule has 0 saturated heterocycles. The fourth-order valence-electron chi connectivity index (χ4n) is 2.33. The number of hydrogen-bond donors (Lipinski definition) is 0. The van der Waals surface area contributed by atoms with Gasteiger partial charge in [-0.3, -0.25) is 4.79 Å². The van der Waals surface area contributed by atoms with Gasteiger partial charge >= 0.3 is 0 Å². The Morgan fingerprint density at radius 2 is 1.94 bits per heavy atom. The SMILES string of the molecule is CN(C(=O)c1cc(Cl)nnc1Cl)C1CCCCC1. The first-order valence-electron chi connectivity index (χ1n) is 6.05. The molecule has 98 valence electrons. The zero-order valence-corrected chi connectivity index (χ0v) is 11.7. The summed E-state index contributed by atoms with van der Waals surface area (Å²) in [6.45, 7) is 0. The largest absolute Gasteiger partial charge is 0.339 e. The monoisotopic (exact) mass is 287 g/mol. The van der Waals surface area contributed by atoms with E-state index in [1.165, 1.54) is 25.3 Å². The van der Waals surface area contributed by atoms with E-state index < -0.39 is 0 Å². The van der Waals surface area contributed by atoms with E-state index >= 15 is 0 Å². The third-order valence-electron chi connectivity index (χ3n) is 3.39.